The predicted molar refractivity (Wildman–Crippen MR) is 212 cm³/mol. The van der Waals surface area contributed by atoms with Crippen LogP contribution in [-0.2, 0) is 42.9 Å². The second kappa shape index (κ2) is 20.7. The number of esters is 1. The summed E-state index contributed by atoms with van der Waals surface area (Å²) in [4.78, 5) is 57.7. The highest BCUT2D eigenvalue weighted by Crippen LogP contribution is 2.39. The van der Waals surface area contributed by atoms with Gasteiger partial charge in [-0.3, -0.25) is 14.4 Å². The zero-order valence-electron chi connectivity index (χ0n) is 35.0. The normalized spacial score (nSPS) is 41.6. The molecule has 318 valence electrons. The largest absolute Gasteiger partial charge is 0.456 e. The molecule has 13 heteroatoms. The summed E-state index contributed by atoms with van der Waals surface area (Å²) >= 11 is 6.52. The Kier molecular flexibility index (Phi) is 17.2. The summed E-state index contributed by atoms with van der Waals surface area (Å²) in [5.41, 5.74) is 1.71. The number of cyclic esters (lactones) is 1. The summed E-state index contributed by atoms with van der Waals surface area (Å²) in [5.74, 6) is -7.31. The van der Waals surface area contributed by atoms with Crippen LogP contribution in [0.5, 0.6) is 0 Å². The molecule has 14 unspecified atom stereocenters. The lowest BCUT2D eigenvalue weighted by Crippen LogP contribution is -2.64. The van der Waals surface area contributed by atoms with Gasteiger partial charge in [0.15, 0.2) is 0 Å². The number of Topliss-reactive ketones (excluding diaryl/α,β-unsaturated/α-hetero) is 2. The van der Waals surface area contributed by atoms with Crippen LogP contribution in [0.1, 0.15) is 112 Å². The third-order valence-corrected chi connectivity index (χ3v) is 13.3. The molecule has 0 aromatic carbocycles. The molecule has 3 fully saturated rings. The minimum absolute atomic E-state index is 0.0425. The zero-order valence-corrected chi connectivity index (χ0v) is 35.8. The average Bonchev–Trinajstić information content (AvgIpc) is 3.18. The summed E-state index contributed by atoms with van der Waals surface area (Å²) in [6.45, 7) is 11.3. The number of nitrogens with zero attached hydrogens (tertiary/aromatic N) is 1. The third-order valence-electron chi connectivity index (χ3n) is 12.8. The van der Waals surface area contributed by atoms with E-state index in [4.69, 9.17) is 35.3 Å². The highest BCUT2D eigenvalue weighted by atomic mass is 35.5. The van der Waals surface area contributed by atoms with Gasteiger partial charge in [-0.05, 0) is 95.5 Å². The number of rotatable bonds is 6. The molecule has 3 aliphatic heterocycles. The molecule has 4 aliphatic rings. The Morgan fingerprint density at radius 1 is 0.964 bits per heavy atom. The number of methoxy groups -OCH3 is 3. The van der Waals surface area contributed by atoms with Crippen molar-refractivity contribution in [1.29, 1.82) is 0 Å². The molecule has 0 aromatic heterocycles. The van der Waals surface area contributed by atoms with Gasteiger partial charge in [0.05, 0.1) is 29.8 Å². The fourth-order valence-electron chi connectivity index (χ4n) is 9.36. The maximum absolute atomic E-state index is 14.3. The number of alkyl halides is 1. The van der Waals surface area contributed by atoms with Crippen LogP contribution in [0.4, 0.5) is 0 Å². The van der Waals surface area contributed by atoms with Gasteiger partial charge in [0.1, 0.15) is 24.0 Å². The minimum Gasteiger partial charge on any atom is -0.456 e. The Morgan fingerprint density at radius 2 is 1.62 bits per heavy atom. The van der Waals surface area contributed by atoms with Crippen molar-refractivity contribution in [3.05, 3.63) is 23.3 Å². The first-order valence-corrected chi connectivity index (χ1v) is 21.2. The molecule has 0 aromatic rings. The molecule has 4 rings (SSSR count). The number of ether oxygens (including phenoxy) is 5. The standard InChI is InChI=1S/C43H68ClNO11/c1-10-30-18-24(2)17-25(3)19-36(53-8)39-37(54-9)21-27(5)43(51,56-39)40(48)41(49)45-16-12-11-13-32(45)42(50)55-38(28(6)33(46)23-34(30)47)26(4)20-29-14-15-31(44)35(22-29)52-7/h18,20,25,27-33,35-39,46,51H,10-17,19,21-23H2,1-9H3/b24-18+,26-20+. The highest BCUT2D eigenvalue weighted by Gasteiger charge is 2.56. The van der Waals surface area contributed by atoms with E-state index in [2.05, 4.69) is 6.92 Å². The van der Waals surface area contributed by atoms with Crippen molar-refractivity contribution >= 4 is 35.0 Å². The van der Waals surface area contributed by atoms with Crippen LogP contribution in [-0.4, -0.2) is 120 Å². The summed E-state index contributed by atoms with van der Waals surface area (Å²) in [6.07, 6.45) is 5.16. The molecule has 2 bridgehead atoms. The van der Waals surface area contributed by atoms with E-state index >= 15 is 0 Å². The molecule has 0 spiro atoms. The summed E-state index contributed by atoms with van der Waals surface area (Å²) in [7, 11) is 4.71. The van der Waals surface area contributed by atoms with Crippen LogP contribution in [0.25, 0.3) is 0 Å². The molecule has 56 heavy (non-hydrogen) atoms. The number of allylic oxidation sites excluding steroid dienone is 3. The number of fused-ring (bicyclic) bond motifs is 3. The molecule has 1 aliphatic carbocycles. The molecule has 14 atom stereocenters. The topological polar surface area (TPSA) is 158 Å². The van der Waals surface area contributed by atoms with E-state index in [0.717, 1.165) is 18.4 Å². The Balaban J connectivity index is 1.76. The van der Waals surface area contributed by atoms with Gasteiger partial charge >= 0.3 is 5.97 Å². The van der Waals surface area contributed by atoms with Gasteiger partial charge < -0.3 is 38.8 Å². The lowest BCUT2D eigenvalue weighted by Gasteiger charge is -2.47. The number of ketones is 2. The summed E-state index contributed by atoms with van der Waals surface area (Å²) in [5, 5.41) is 23.6. The Labute approximate surface area is 339 Å². The van der Waals surface area contributed by atoms with Crippen molar-refractivity contribution in [3.8, 4) is 0 Å². The summed E-state index contributed by atoms with van der Waals surface area (Å²) < 4.78 is 29.9. The zero-order chi connectivity index (χ0) is 41.5. The quantitative estimate of drug-likeness (QED) is 0.146. The van der Waals surface area contributed by atoms with E-state index in [1.165, 1.54) is 19.1 Å². The van der Waals surface area contributed by atoms with Gasteiger partial charge in [-0.25, -0.2) is 4.79 Å². The van der Waals surface area contributed by atoms with Crippen LogP contribution in [0.2, 0.25) is 0 Å². The van der Waals surface area contributed by atoms with E-state index in [1.807, 2.05) is 32.9 Å². The predicted octanol–water partition coefficient (Wildman–Crippen LogP) is 5.72. The number of aliphatic hydroxyl groups excluding tert-OH is 1. The maximum atomic E-state index is 14.3. The van der Waals surface area contributed by atoms with E-state index in [9.17, 15) is 29.4 Å². The first-order valence-electron chi connectivity index (χ1n) is 20.7. The monoisotopic (exact) mass is 809 g/mol. The van der Waals surface area contributed by atoms with E-state index in [0.29, 0.717) is 44.1 Å². The lowest BCUT2D eigenvalue weighted by atomic mass is 9.82. The smallest absolute Gasteiger partial charge is 0.329 e. The van der Waals surface area contributed by atoms with Crippen molar-refractivity contribution in [2.24, 2.45) is 29.6 Å². The summed E-state index contributed by atoms with van der Waals surface area (Å²) in [6, 6.07) is -1.12. The van der Waals surface area contributed by atoms with E-state index in [-0.39, 0.29) is 54.9 Å². The van der Waals surface area contributed by atoms with Crippen LogP contribution in [0.3, 0.4) is 0 Å². The van der Waals surface area contributed by atoms with E-state index < -0.39 is 77.8 Å². The van der Waals surface area contributed by atoms with Crippen molar-refractivity contribution in [2.45, 2.75) is 166 Å². The maximum Gasteiger partial charge on any atom is 0.329 e. The fourth-order valence-corrected chi connectivity index (χ4v) is 9.69. The van der Waals surface area contributed by atoms with Crippen molar-refractivity contribution in [1.82, 2.24) is 4.90 Å². The van der Waals surface area contributed by atoms with E-state index in [1.54, 1.807) is 21.0 Å². The number of hydrogen-bond donors (Lipinski definition) is 2. The first-order chi connectivity index (χ1) is 26.5. The molecule has 0 radical (unpaired) electrons. The average molecular weight is 810 g/mol. The molecule has 1 saturated carbocycles. The minimum atomic E-state index is -2.49. The van der Waals surface area contributed by atoms with Gasteiger partial charge in [0.25, 0.3) is 11.7 Å². The number of amides is 1. The fraction of sp³-hybridized carbons (Fsp3) is 0.814. The number of halogens is 1. The molecule has 3 heterocycles. The van der Waals surface area contributed by atoms with Crippen molar-refractivity contribution < 1.29 is 53.1 Å². The van der Waals surface area contributed by atoms with Gasteiger partial charge in [0, 0.05) is 52.0 Å². The number of carbonyl (C=O) groups is 4. The SMILES string of the molecule is CCC1/C=C(\C)CC(C)CC(OC)C2OC(O)(C(=O)C(=O)N3CCCCC3C(=O)OC(/C(C)=C/C3CCC(Cl)C(OC)C3)C(C)C(O)CC1=O)C(C)CC2OC. The van der Waals surface area contributed by atoms with Gasteiger partial charge in [-0.1, -0.05) is 45.4 Å². The van der Waals surface area contributed by atoms with Crippen LogP contribution >= 0.6 is 11.6 Å². The van der Waals surface area contributed by atoms with Gasteiger partial charge in [-0.15, -0.1) is 11.6 Å². The molecular formula is C43H68ClNO11. The van der Waals surface area contributed by atoms with Crippen molar-refractivity contribution in [2.75, 3.05) is 27.9 Å². The second-order valence-electron chi connectivity index (χ2n) is 17.1. The molecule has 2 saturated heterocycles. The molecular weight excluding hydrogens is 742 g/mol. The van der Waals surface area contributed by atoms with Crippen LogP contribution in [0, 0.1) is 29.6 Å². The molecule has 12 nitrogen and oxygen atoms in total. The second-order valence-corrected chi connectivity index (χ2v) is 17.7. The number of aliphatic hydroxyl groups is 2. The Bertz CT molecular complexity index is 1440. The lowest BCUT2D eigenvalue weighted by molar-refractivity contribution is -0.302. The van der Waals surface area contributed by atoms with Crippen LogP contribution in [0.15, 0.2) is 23.3 Å². The Morgan fingerprint density at radius 3 is 2.27 bits per heavy atom. The van der Waals surface area contributed by atoms with Gasteiger partial charge in [-0.2, -0.15) is 0 Å². The number of hydrogen-bond acceptors (Lipinski definition) is 11. The molecule has 2 N–H and O–H groups in total. The Hall–Kier alpha value is -2.19. The number of piperidine rings is 1. The van der Waals surface area contributed by atoms with Crippen LogP contribution < -0.4 is 0 Å². The number of carbonyl (C=O) groups excluding carboxylic acids is 4. The molecule has 1 amide bonds. The van der Waals surface area contributed by atoms with Gasteiger partial charge in [0.2, 0.25) is 5.79 Å². The van der Waals surface area contributed by atoms with Crippen molar-refractivity contribution in [3.63, 3.8) is 0 Å². The first kappa shape index (κ1) is 46.5. The highest BCUT2D eigenvalue weighted by molar-refractivity contribution is 6.39. The third kappa shape index (κ3) is 10.9.